The van der Waals surface area contributed by atoms with Gasteiger partial charge in [0.25, 0.3) is 0 Å². The maximum Gasteiger partial charge on any atom is 0.406 e. The third kappa shape index (κ3) is 4.19. The van der Waals surface area contributed by atoms with Crippen LogP contribution in [0.15, 0.2) is 0 Å². The highest BCUT2D eigenvalue weighted by Crippen LogP contribution is 2.09. The second kappa shape index (κ2) is 6.50. The predicted octanol–water partition coefficient (Wildman–Crippen LogP) is 2.30. The molecule has 2 nitrogen and oxygen atoms in total. The van der Waals surface area contributed by atoms with Gasteiger partial charge in [-0.25, -0.2) is 0 Å². The van der Waals surface area contributed by atoms with Gasteiger partial charge in [0.2, 0.25) is 0 Å². The Kier molecular flexibility index (Phi) is 5.56. The number of rotatable bonds is 3. The van der Waals surface area contributed by atoms with Gasteiger partial charge in [-0.05, 0) is 19.3 Å². The molecule has 13 heavy (non-hydrogen) atoms. The molecule has 1 heterocycles. The molecule has 1 saturated heterocycles. The molecule has 0 atom stereocenters. The van der Waals surface area contributed by atoms with Crippen LogP contribution in [0.2, 0.25) is 13.1 Å². The first-order valence-corrected chi connectivity index (χ1v) is 5.57. The van der Waals surface area contributed by atoms with Crippen molar-refractivity contribution in [3.63, 3.8) is 0 Å². The summed E-state index contributed by atoms with van der Waals surface area (Å²) in [6.07, 6.45) is 6.04. The van der Waals surface area contributed by atoms with Crippen LogP contribution in [0.5, 0.6) is 0 Å². The van der Waals surface area contributed by atoms with Crippen LogP contribution >= 0.6 is 0 Å². The molecular weight excluding hydrogens is 162 g/mol. The smallest absolute Gasteiger partial charge is 0.406 e. The predicted molar refractivity (Wildman–Crippen MR) is 58.2 cm³/mol. The summed E-state index contributed by atoms with van der Waals surface area (Å²) >= 11 is 0. The fourth-order valence-electron chi connectivity index (χ4n) is 1.75. The summed E-state index contributed by atoms with van der Waals surface area (Å²) in [5.41, 5.74) is 0. The molecule has 0 saturated carbocycles. The Morgan fingerprint density at radius 3 is 2.31 bits per heavy atom. The summed E-state index contributed by atoms with van der Waals surface area (Å²) in [5, 5.41) is 0. The second-order valence-corrected chi connectivity index (χ2v) is 3.94. The van der Waals surface area contributed by atoms with E-state index in [-0.39, 0.29) is 7.01 Å². The number of hydrogen-bond donors (Lipinski definition) is 0. The molecule has 0 aromatic heterocycles. The van der Waals surface area contributed by atoms with Gasteiger partial charge in [-0.3, -0.25) is 0 Å². The lowest BCUT2D eigenvalue weighted by Gasteiger charge is -2.21. The lowest BCUT2D eigenvalue weighted by molar-refractivity contribution is 0.183. The minimum atomic E-state index is 0.0558. The average molecular weight is 182 g/mol. The number of hydrogen-bond acceptors (Lipinski definition) is 2. The molecule has 0 unspecified atom stereocenters. The minimum Gasteiger partial charge on any atom is -0.418 e. The SMILES string of the molecule is CCCB(C)B1OCCCCCO1. The second-order valence-electron chi connectivity index (χ2n) is 3.94. The summed E-state index contributed by atoms with van der Waals surface area (Å²) in [6.45, 7) is 6.72. The van der Waals surface area contributed by atoms with Gasteiger partial charge >= 0.3 is 7.01 Å². The van der Waals surface area contributed by atoms with Crippen LogP contribution in [-0.4, -0.2) is 26.8 Å². The van der Waals surface area contributed by atoms with Crippen molar-refractivity contribution in [3.05, 3.63) is 0 Å². The quantitative estimate of drug-likeness (QED) is 0.623. The molecule has 1 aliphatic rings. The van der Waals surface area contributed by atoms with E-state index >= 15 is 0 Å². The van der Waals surface area contributed by atoms with Crippen LogP contribution in [0.25, 0.3) is 0 Å². The van der Waals surface area contributed by atoms with Crippen molar-refractivity contribution in [2.24, 2.45) is 0 Å². The van der Waals surface area contributed by atoms with Gasteiger partial charge in [0.15, 0.2) is 6.60 Å². The minimum absolute atomic E-state index is 0.0558. The van der Waals surface area contributed by atoms with Gasteiger partial charge in [0.05, 0.1) is 0 Å². The molecule has 0 spiro atoms. The molecule has 0 amide bonds. The molecule has 0 radical (unpaired) electrons. The van der Waals surface area contributed by atoms with E-state index in [2.05, 4.69) is 13.7 Å². The standard InChI is InChI=1S/C9H20B2O2/c1-3-7-10(2)11-12-8-5-4-6-9-13-11/h3-9H2,1-2H3. The van der Waals surface area contributed by atoms with Crippen molar-refractivity contribution in [1.82, 2.24) is 0 Å². The molecule has 0 aromatic carbocycles. The van der Waals surface area contributed by atoms with Gasteiger partial charge in [-0.2, -0.15) is 0 Å². The van der Waals surface area contributed by atoms with Crippen molar-refractivity contribution in [2.75, 3.05) is 13.2 Å². The topological polar surface area (TPSA) is 18.5 Å². The largest absolute Gasteiger partial charge is 0.418 e. The van der Waals surface area contributed by atoms with Crippen LogP contribution in [-0.2, 0) is 9.31 Å². The Morgan fingerprint density at radius 1 is 1.15 bits per heavy atom. The van der Waals surface area contributed by atoms with Gasteiger partial charge in [0.1, 0.15) is 0 Å². The molecule has 0 aliphatic carbocycles. The molecule has 1 aliphatic heterocycles. The fraction of sp³-hybridized carbons (Fsp3) is 1.00. The van der Waals surface area contributed by atoms with Crippen molar-refractivity contribution >= 4 is 13.6 Å². The summed E-state index contributed by atoms with van der Waals surface area (Å²) in [4.78, 5) is 0. The Morgan fingerprint density at radius 2 is 1.77 bits per heavy atom. The van der Waals surface area contributed by atoms with E-state index in [0.29, 0.717) is 6.60 Å². The van der Waals surface area contributed by atoms with Crippen molar-refractivity contribution in [2.45, 2.75) is 45.8 Å². The maximum absolute atomic E-state index is 5.68. The summed E-state index contributed by atoms with van der Waals surface area (Å²) in [7, 11) is 0.0558. The molecule has 1 fully saturated rings. The highest BCUT2D eigenvalue weighted by molar-refractivity contribution is 7.16. The molecule has 0 N–H and O–H groups in total. The zero-order valence-corrected chi connectivity index (χ0v) is 8.92. The van der Waals surface area contributed by atoms with Crippen LogP contribution in [0.3, 0.4) is 0 Å². The van der Waals surface area contributed by atoms with E-state index in [0.717, 1.165) is 13.2 Å². The molecule has 4 heteroatoms. The first-order valence-electron chi connectivity index (χ1n) is 5.57. The van der Waals surface area contributed by atoms with E-state index in [1.165, 1.54) is 32.0 Å². The molecule has 0 bridgehead atoms. The van der Waals surface area contributed by atoms with Crippen molar-refractivity contribution < 1.29 is 9.31 Å². The van der Waals surface area contributed by atoms with Crippen LogP contribution in [0.4, 0.5) is 0 Å². The van der Waals surface area contributed by atoms with E-state index in [1.54, 1.807) is 0 Å². The highest BCUT2D eigenvalue weighted by Gasteiger charge is 2.28. The normalized spacial score (nSPS) is 19.4. The van der Waals surface area contributed by atoms with Crippen molar-refractivity contribution in [1.29, 1.82) is 0 Å². The molecular formula is C9H20B2O2. The fourth-order valence-corrected chi connectivity index (χ4v) is 1.75. The van der Waals surface area contributed by atoms with Gasteiger partial charge in [0, 0.05) is 13.2 Å². The summed E-state index contributed by atoms with van der Waals surface area (Å²) in [6, 6.07) is 0. The van der Waals surface area contributed by atoms with Gasteiger partial charge < -0.3 is 9.31 Å². The Balaban J connectivity index is 2.27. The summed E-state index contributed by atoms with van der Waals surface area (Å²) in [5.74, 6) is 0. The summed E-state index contributed by atoms with van der Waals surface area (Å²) < 4.78 is 11.4. The lowest BCUT2D eigenvalue weighted by Crippen LogP contribution is -2.40. The van der Waals surface area contributed by atoms with Crippen LogP contribution < -0.4 is 0 Å². The van der Waals surface area contributed by atoms with Gasteiger partial charge in [-0.15, -0.1) is 0 Å². The van der Waals surface area contributed by atoms with Crippen LogP contribution in [0.1, 0.15) is 32.6 Å². The van der Waals surface area contributed by atoms with E-state index in [9.17, 15) is 0 Å². The monoisotopic (exact) mass is 182 g/mol. The maximum atomic E-state index is 5.68. The van der Waals surface area contributed by atoms with Crippen LogP contribution in [0, 0.1) is 0 Å². The average Bonchev–Trinajstić information content (AvgIpc) is 2.03. The molecule has 74 valence electrons. The molecule has 1 rings (SSSR count). The Hall–Kier alpha value is 0.0499. The third-order valence-electron chi connectivity index (χ3n) is 2.56. The van der Waals surface area contributed by atoms with Gasteiger partial charge in [-0.1, -0.05) is 26.5 Å². The molecule has 0 aromatic rings. The first-order chi connectivity index (χ1) is 6.34. The van der Waals surface area contributed by atoms with Crippen molar-refractivity contribution in [3.8, 4) is 0 Å². The zero-order valence-electron chi connectivity index (χ0n) is 8.92. The van der Waals surface area contributed by atoms with E-state index in [4.69, 9.17) is 9.31 Å². The zero-order chi connectivity index (χ0) is 9.52. The highest BCUT2D eigenvalue weighted by atomic mass is 16.6. The van der Waals surface area contributed by atoms with E-state index < -0.39 is 0 Å². The van der Waals surface area contributed by atoms with E-state index in [1.807, 2.05) is 0 Å². The Bertz CT molecular complexity index is 125. The first kappa shape index (κ1) is 11.1. The lowest BCUT2D eigenvalue weighted by atomic mass is 9.24. The Labute approximate surface area is 82.6 Å². The third-order valence-corrected chi connectivity index (χ3v) is 2.56.